The van der Waals surface area contributed by atoms with E-state index in [-0.39, 0.29) is 16.4 Å². The Morgan fingerprint density at radius 2 is 2.50 bits per heavy atom. The monoisotopic (exact) mass is 260 g/mol. The van der Waals surface area contributed by atoms with Crippen LogP contribution in [0.5, 0.6) is 0 Å². The topological polar surface area (TPSA) is 24.9 Å². The summed E-state index contributed by atoms with van der Waals surface area (Å²) in [6, 6.07) is 1.28. The van der Waals surface area contributed by atoms with Gasteiger partial charge in [0.2, 0.25) is 0 Å². The van der Waals surface area contributed by atoms with Crippen molar-refractivity contribution in [3.05, 3.63) is 23.1 Å². The predicted octanol–water partition coefficient (Wildman–Crippen LogP) is 3.57. The van der Waals surface area contributed by atoms with Gasteiger partial charge in [-0.25, -0.2) is 9.37 Å². The minimum atomic E-state index is -0.390. The second-order valence-corrected chi connectivity index (χ2v) is 6.36. The van der Waals surface area contributed by atoms with Gasteiger partial charge in [-0.15, -0.1) is 0 Å². The number of rotatable bonds is 3. The summed E-state index contributed by atoms with van der Waals surface area (Å²) in [6.07, 6.45) is 3.86. The maximum absolute atomic E-state index is 13.4. The molecule has 1 aromatic rings. The Kier molecular flexibility index (Phi) is 3.60. The first-order valence-electron chi connectivity index (χ1n) is 5.28. The summed E-state index contributed by atoms with van der Waals surface area (Å²) < 4.78 is 13.6. The van der Waals surface area contributed by atoms with E-state index in [0.717, 1.165) is 6.54 Å². The summed E-state index contributed by atoms with van der Waals surface area (Å²) in [5.74, 6) is 1.09. The lowest BCUT2D eigenvalue weighted by Crippen LogP contribution is -2.27. The van der Waals surface area contributed by atoms with Crippen LogP contribution in [0, 0.1) is 5.82 Å². The lowest BCUT2D eigenvalue weighted by atomic mass is 10.1. The van der Waals surface area contributed by atoms with Crippen LogP contribution in [0.4, 0.5) is 10.2 Å². The third-order valence-corrected chi connectivity index (χ3v) is 4.48. The van der Waals surface area contributed by atoms with Crippen molar-refractivity contribution < 1.29 is 4.39 Å². The zero-order valence-corrected chi connectivity index (χ0v) is 10.7. The van der Waals surface area contributed by atoms with E-state index in [9.17, 15) is 4.39 Å². The van der Waals surface area contributed by atoms with Crippen molar-refractivity contribution in [2.24, 2.45) is 0 Å². The van der Waals surface area contributed by atoms with Crippen molar-refractivity contribution >= 4 is 29.2 Å². The Morgan fingerprint density at radius 1 is 1.69 bits per heavy atom. The second-order valence-electron chi connectivity index (χ2n) is 4.24. The fourth-order valence-corrected chi connectivity index (χ4v) is 3.18. The number of nitrogens with zero attached hydrogens (tertiary/aromatic N) is 1. The number of nitrogens with one attached hydrogen (secondary N) is 1. The summed E-state index contributed by atoms with van der Waals surface area (Å²) in [6.45, 7) is 2.94. The van der Waals surface area contributed by atoms with Crippen LogP contribution in [0.1, 0.15) is 19.8 Å². The van der Waals surface area contributed by atoms with Crippen LogP contribution in [0.2, 0.25) is 5.02 Å². The van der Waals surface area contributed by atoms with Gasteiger partial charge in [0.15, 0.2) is 11.6 Å². The van der Waals surface area contributed by atoms with Crippen molar-refractivity contribution in [1.29, 1.82) is 0 Å². The molecule has 2 nitrogen and oxygen atoms in total. The van der Waals surface area contributed by atoms with Gasteiger partial charge in [-0.1, -0.05) is 11.6 Å². The molecule has 1 saturated heterocycles. The third-order valence-electron chi connectivity index (χ3n) is 2.74. The minimum Gasteiger partial charge on any atom is -0.366 e. The molecule has 0 aliphatic carbocycles. The summed E-state index contributed by atoms with van der Waals surface area (Å²) >= 11 is 7.57. The number of thioether (sulfide) groups is 1. The highest BCUT2D eigenvalue weighted by atomic mass is 35.5. The van der Waals surface area contributed by atoms with E-state index in [1.54, 1.807) is 0 Å². The van der Waals surface area contributed by atoms with E-state index in [2.05, 4.69) is 17.2 Å². The molecule has 0 spiro atoms. The highest BCUT2D eigenvalue weighted by Gasteiger charge is 2.29. The molecular weight excluding hydrogens is 247 g/mol. The molecule has 1 fully saturated rings. The zero-order chi connectivity index (χ0) is 11.6. The molecule has 0 amide bonds. The van der Waals surface area contributed by atoms with Crippen LogP contribution in [0.3, 0.4) is 0 Å². The normalized spacial score (nSPS) is 24.7. The molecule has 0 radical (unpaired) electrons. The first kappa shape index (κ1) is 12.0. The van der Waals surface area contributed by atoms with Crippen LogP contribution >= 0.6 is 23.4 Å². The van der Waals surface area contributed by atoms with E-state index in [1.165, 1.54) is 30.9 Å². The highest BCUT2D eigenvalue weighted by molar-refractivity contribution is 8.00. The van der Waals surface area contributed by atoms with E-state index >= 15 is 0 Å². The summed E-state index contributed by atoms with van der Waals surface area (Å²) in [5, 5.41) is 3.38. The van der Waals surface area contributed by atoms with Crippen molar-refractivity contribution in [2.75, 3.05) is 17.6 Å². The Morgan fingerprint density at radius 3 is 3.12 bits per heavy atom. The van der Waals surface area contributed by atoms with Crippen molar-refractivity contribution in [3.8, 4) is 0 Å². The molecule has 1 N–H and O–H groups in total. The third kappa shape index (κ3) is 2.80. The first-order valence-corrected chi connectivity index (χ1v) is 6.64. The van der Waals surface area contributed by atoms with Crippen LogP contribution in [-0.2, 0) is 0 Å². The summed E-state index contributed by atoms with van der Waals surface area (Å²) in [5.41, 5.74) is 0. The minimum absolute atomic E-state index is 0.202. The molecule has 1 aliphatic heterocycles. The molecule has 5 heteroatoms. The van der Waals surface area contributed by atoms with Crippen molar-refractivity contribution in [1.82, 2.24) is 4.98 Å². The molecular formula is C11H14ClFN2S. The quantitative estimate of drug-likeness (QED) is 0.899. The van der Waals surface area contributed by atoms with Gasteiger partial charge in [0.25, 0.3) is 0 Å². The molecule has 0 saturated carbocycles. The van der Waals surface area contributed by atoms with Gasteiger partial charge >= 0.3 is 0 Å². The van der Waals surface area contributed by atoms with Gasteiger partial charge in [0.05, 0.1) is 5.02 Å². The van der Waals surface area contributed by atoms with Crippen LogP contribution in [0.15, 0.2) is 12.3 Å². The van der Waals surface area contributed by atoms with E-state index in [4.69, 9.17) is 11.6 Å². The lowest BCUT2D eigenvalue weighted by molar-refractivity contribution is 0.609. The number of aromatic nitrogens is 1. The molecule has 16 heavy (non-hydrogen) atoms. The van der Waals surface area contributed by atoms with Crippen LogP contribution in [0.25, 0.3) is 0 Å². The van der Waals surface area contributed by atoms with E-state index in [1.807, 2.05) is 11.8 Å². The van der Waals surface area contributed by atoms with Gasteiger partial charge in [-0.3, -0.25) is 0 Å². The maximum atomic E-state index is 13.4. The van der Waals surface area contributed by atoms with E-state index < -0.39 is 0 Å². The maximum Gasteiger partial charge on any atom is 0.166 e. The van der Waals surface area contributed by atoms with E-state index in [0.29, 0.717) is 5.02 Å². The Hall–Kier alpha value is -0.480. The van der Waals surface area contributed by atoms with Crippen molar-refractivity contribution in [3.63, 3.8) is 0 Å². The molecule has 1 atom stereocenters. The second kappa shape index (κ2) is 4.80. The molecule has 0 aromatic carbocycles. The van der Waals surface area contributed by atoms with Crippen LogP contribution in [-0.4, -0.2) is 22.0 Å². The number of hydrogen-bond donors (Lipinski definition) is 1. The fraction of sp³-hybridized carbons (Fsp3) is 0.545. The predicted molar refractivity (Wildman–Crippen MR) is 67.8 cm³/mol. The zero-order valence-electron chi connectivity index (χ0n) is 9.09. The molecule has 1 aromatic heterocycles. The Bertz CT molecular complexity index is 380. The largest absolute Gasteiger partial charge is 0.366 e. The standard InChI is InChI=1S/C11H14ClFN2S/c1-11(3-2-4-16-11)7-15-10-9(13)5-8(12)6-14-10/h5-6H,2-4,7H2,1H3,(H,14,15). The molecule has 1 unspecified atom stereocenters. The SMILES string of the molecule is CC1(CNc2ncc(Cl)cc2F)CCCS1. The first-order chi connectivity index (χ1) is 7.59. The van der Waals surface area contributed by atoms with Gasteiger partial charge in [-0.2, -0.15) is 11.8 Å². The van der Waals surface area contributed by atoms with Crippen molar-refractivity contribution in [2.45, 2.75) is 24.5 Å². The average molecular weight is 261 g/mol. The fourth-order valence-electron chi connectivity index (χ4n) is 1.79. The van der Waals surface area contributed by atoms with Gasteiger partial charge in [-0.05, 0) is 31.6 Å². The Labute approximate surface area is 104 Å². The Balaban J connectivity index is 1.99. The van der Waals surface area contributed by atoms with Gasteiger partial charge < -0.3 is 5.32 Å². The smallest absolute Gasteiger partial charge is 0.166 e. The van der Waals surface area contributed by atoms with Gasteiger partial charge in [0.1, 0.15) is 0 Å². The summed E-state index contributed by atoms with van der Waals surface area (Å²) in [7, 11) is 0. The molecule has 2 rings (SSSR count). The summed E-state index contributed by atoms with van der Waals surface area (Å²) in [4.78, 5) is 3.94. The van der Waals surface area contributed by atoms with Crippen LogP contribution < -0.4 is 5.32 Å². The number of halogens is 2. The number of hydrogen-bond acceptors (Lipinski definition) is 3. The highest BCUT2D eigenvalue weighted by Crippen LogP contribution is 2.37. The molecule has 1 aliphatic rings. The average Bonchev–Trinajstić information content (AvgIpc) is 2.64. The number of pyridine rings is 1. The molecule has 88 valence electrons. The molecule has 2 heterocycles. The molecule has 0 bridgehead atoms. The van der Waals surface area contributed by atoms with Gasteiger partial charge in [0, 0.05) is 17.5 Å². The number of anilines is 1. The lowest BCUT2D eigenvalue weighted by Gasteiger charge is -2.23.